The quantitative estimate of drug-likeness (QED) is 0.686. The van der Waals surface area contributed by atoms with Gasteiger partial charge in [0.05, 0.1) is 13.2 Å². The number of hydrogen-bond acceptors (Lipinski definition) is 4. The molecule has 1 unspecified atom stereocenters. The molecule has 0 aliphatic carbocycles. The SMILES string of the molecule is O=C(CC1CCCN1)NCCN1CCOCC1. The molecule has 2 N–H and O–H groups in total. The van der Waals surface area contributed by atoms with Crippen molar-refractivity contribution in [1.82, 2.24) is 15.5 Å². The molecular weight excluding hydrogens is 218 g/mol. The minimum absolute atomic E-state index is 0.178. The van der Waals surface area contributed by atoms with E-state index in [2.05, 4.69) is 15.5 Å². The Labute approximate surface area is 103 Å². The van der Waals surface area contributed by atoms with Gasteiger partial charge in [0.2, 0.25) is 5.91 Å². The number of nitrogens with one attached hydrogen (secondary N) is 2. The molecule has 5 nitrogen and oxygen atoms in total. The second kappa shape index (κ2) is 6.93. The predicted molar refractivity (Wildman–Crippen MR) is 65.9 cm³/mol. The number of morpholine rings is 1. The lowest BCUT2D eigenvalue weighted by molar-refractivity contribution is -0.121. The van der Waals surface area contributed by atoms with Gasteiger partial charge in [-0.2, -0.15) is 0 Å². The maximum absolute atomic E-state index is 11.6. The Morgan fingerprint density at radius 1 is 1.41 bits per heavy atom. The van der Waals surface area contributed by atoms with Gasteiger partial charge < -0.3 is 15.4 Å². The number of hydrogen-bond donors (Lipinski definition) is 2. The molecule has 17 heavy (non-hydrogen) atoms. The van der Waals surface area contributed by atoms with Crippen LogP contribution in [0.5, 0.6) is 0 Å². The molecule has 0 bridgehead atoms. The molecule has 2 aliphatic heterocycles. The highest BCUT2D eigenvalue weighted by atomic mass is 16.5. The van der Waals surface area contributed by atoms with Gasteiger partial charge in [0.1, 0.15) is 0 Å². The first-order chi connectivity index (χ1) is 8.34. The Bertz CT molecular complexity index is 236. The van der Waals surface area contributed by atoms with Crippen LogP contribution in [-0.2, 0) is 9.53 Å². The Kier molecular flexibility index (Phi) is 5.22. The van der Waals surface area contributed by atoms with Crippen LogP contribution in [-0.4, -0.2) is 62.8 Å². The second-order valence-electron chi connectivity index (χ2n) is 4.80. The fourth-order valence-electron chi connectivity index (χ4n) is 2.41. The zero-order valence-electron chi connectivity index (χ0n) is 10.4. The summed E-state index contributed by atoms with van der Waals surface area (Å²) in [6, 6.07) is 0.401. The molecule has 0 radical (unpaired) electrons. The molecule has 0 aromatic rings. The highest BCUT2D eigenvalue weighted by Crippen LogP contribution is 2.07. The van der Waals surface area contributed by atoms with Gasteiger partial charge in [0.25, 0.3) is 0 Å². The maximum Gasteiger partial charge on any atom is 0.221 e. The number of carbonyl (C=O) groups is 1. The van der Waals surface area contributed by atoms with E-state index < -0.39 is 0 Å². The average Bonchev–Trinajstić information content (AvgIpc) is 2.83. The van der Waals surface area contributed by atoms with Crippen LogP contribution in [0.1, 0.15) is 19.3 Å². The normalized spacial score (nSPS) is 26.0. The molecule has 2 aliphatic rings. The predicted octanol–water partition coefficient (Wildman–Crippen LogP) is -0.423. The van der Waals surface area contributed by atoms with Crippen molar-refractivity contribution < 1.29 is 9.53 Å². The lowest BCUT2D eigenvalue weighted by Gasteiger charge is -2.26. The maximum atomic E-state index is 11.6. The van der Waals surface area contributed by atoms with Crippen molar-refractivity contribution >= 4 is 5.91 Å². The highest BCUT2D eigenvalue weighted by molar-refractivity contribution is 5.76. The van der Waals surface area contributed by atoms with E-state index in [4.69, 9.17) is 4.74 Å². The summed E-state index contributed by atoms with van der Waals surface area (Å²) in [6.45, 7) is 6.37. The summed E-state index contributed by atoms with van der Waals surface area (Å²) in [5.41, 5.74) is 0. The largest absolute Gasteiger partial charge is 0.379 e. The van der Waals surface area contributed by atoms with Gasteiger partial charge in [-0.1, -0.05) is 0 Å². The zero-order chi connectivity index (χ0) is 11.9. The molecule has 0 saturated carbocycles. The van der Waals surface area contributed by atoms with E-state index in [1.165, 1.54) is 6.42 Å². The molecule has 98 valence electrons. The van der Waals surface area contributed by atoms with Crippen molar-refractivity contribution in [2.75, 3.05) is 45.9 Å². The highest BCUT2D eigenvalue weighted by Gasteiger charge is 2.17. The van der Waals surface area contributed by atoms with Gasteiger partial charge in [-0.15, -0.1) is 0 Å². The lowest BCUT2D eigenvalue weighted by atomic mass is 10.1. The minimum atomic E-state index is 0.178. The molecule has 2 saturated heterocycles. The number of amides is 1. The van der Waals surface area contributed by atoms with E-state index in [9.17, 15) is 4.79 Å². The van der Waals surface area contributed by atoms with E-state index >= 15 is 0 Å². The molecule has 5 heteroatoms. The first-order valence-electron chi connectivity index (χ1n) is 6.65. The minimum Gasteiger partial charge on any atom is -0.379 e. The summed E-state index contributed by atoms with van der Waals surface area (Å²) in [6.07, 6.45) is 2.96. The van der Waals surface area contributed by atoms with E-state index in [1.807, 2.05) is 0 Å². The fraction of sp³-hybridized carbons (Fsp3) is 0.917. The number of carbonyl (C=O) groups excluding carboxylic acids is 1. The number of nitrogens with zero attached hydrogens (tertiary/aromatic N) is 1. The molecule has 0 aromatic heterocycles. The summed E-state index contributed by atoms with van der Waals surface area (Å²) in [4.78, 5) is 14.0. The van der Waals surface area contributed by atoms with Crippen LogP contribution in [0.3, 0.4) is 0 Å². The van der Waals surface area contributed by atoms with Crippen LogP contribution < -0.4 is 10.6 Å². The van der Waals surface area contributed by atoms with E-state index in [1.54, 1.807) is 0 Å². The standard InChI is InChI=1S/C12H23N3O2/c16-12(10-11-2-1-3-13-11)14-4-5-15-6-8-17-9-7-15/h11,13H,1-10H2,(H,14,16). The van der Waals surface area contributed by atoms with Gasteiger partial charge in [-0.25, -0.2) is 0 Å². The van der Waals surface area contributed by atoms with Crippen molar-refractivity contribution in [3.8, 4) is 0 Å². The Hall–Kier alpha value is -0.650. The number of rotatable bonds is 5. The van der Waals surface area contributed by atoms with E-state index in [0.717, 1.165) is 52.4 Å². The van der Waals surface area contributed by atoms with Gasteiger partial charge in [0, 0.05) is 38.6 Å². The second-order valence-corrected chi connectivity index (χ2v) is 4.80. The fourth-order valence-corrected chi connectivity index (χ4v) is 2.41. The summed E-state index contributed by atoms with van der Waals surface area (Å²) >= 11 is 0. The molecule has 0 spiro atoms. The van der Waals surface area contributed by atoms with Crippen LogP contribution in [0.25, 0.3) is 0 Å². The topological polar surface area (TPSA) is 53.6 Å². The Morgan fingerprint density at radius 3 is 2.94 bits per heavy atom. The molecule has 2 heterocycles. The van der Waals surface area contributed by atoms with Crippen LogP contribution in [0.15, 0.2) is 0 Å². The van der Waals surface area contributed by atoms with Crippen LogP contribution in [0.2, 0.25) is 0 Å². The summed E-state index contributed by atoms with van der Waals surface area (Å²) in [7, 11) is 0. The molecular formula is C12H23N3O2. The van der Waals surface area contributed by atoms with Crippen molar-refractivity contribution in [2.45, 2.75) is 25.3 Å². The number of ether oxygens (including phenoxy) is 1. The van der Waals surface area contributed by atoms with Gasteiger partial charge in [-0.05, 0) is 19.4 Å². The third-order valence-electron chi connectivity index (χ3n) is 3.45. The van der Waals surface area contributed by atoms with Crippen molar-refractivity contribution in [2.24, 2.45) is 0 Å². The average molecular weight is 241 g/mol. The third kappa shape index (κ3) is 4.61. The third-order valence-corrected chi connectivity index (χ3v) is 3.45. The smallest absolute Gasteiger partial charge is 0.221 e. The Morgan fingerprint density at radius 2 is 2.24 bits per heavy atom. The van der Waals surface area contributed by atoms with Gasteiger partial charge in [-0.3, -0.25) is 9.69 Å². The monoisotopic (exact) mass is 241 g/mol. The van der Waals surface area contributed by atoms with E-state index in [-0.39, 0.29) is 5.91 Å². The van der Waals surface area contributed by atoms with Crippen LogP contribution >= 0.6 is 0 Å². The van der Waals surface area contributed by atoms with Gasteiger partial charge in [0.15, 0.2) is 0 Å². The molecule has 2 fully saturated rings. The van der Waals surface area contributed by atoms with Crippen molar-refractivity contribution in [3.63, 3.8) is 0 Å². The molecule has 0 aromatic carbocycles. The van der Waals surface area contributed by atoms with Crippen LogP contribution in [0, 0.1) is 0 Å². The lowest BCUT2D eigenvalue weighted by Crippen LogP contribution is -2.42. The van der Waals surface area contributed by atoms with Crippen LogP contribution in [0.4, 0.5) is 0 Å². The van der Waals surface area contributed by atoms with Crippen molar-refractivity contribution in [1.29, 1.82) is 0 Å². The van der Waals surface area contributed by atoms with E-state index in [0.29, 0.717) is 12.5 Å². The van der Waals surface area contributed by atoms with Crippen molar-refractivity contribution in [3.05, 3.63) is 0 Å². The molecule has 1 amide bonds. The first kappa shape index (κ1) is 12.8. The van der Waals surface area contributed by atoms with Gasteiger partial charge >= 0.3 is 0 Å². The zero-order valence-corrected chi connectivity index (χ0v) is 10.4. The first-order valence-corrected chi connectivity index (χ1v) is 6.65. The summed E-state index contributed by atoms with van der Waals surface area (Å²) in [5, 5.41) is 6.33. The summed E-state index contributed by atoms with van der Waals surface area (Å²) in [5.74, 6) is 0.178. The molecule has 1 atom stereocenters. The Balaban J connectivity index is 1.53. The summed E-state index contributed by atoms with van der Waals surface area (Å²) < 4.78 is 5.28. The molecule has 2 rings (SSSR count).